The number of rotatable bonds is 7. The fraction of sp³-hybridized carbons (Fsp3) is 0.636. The number of ether oxygens (including phenoxy) is 3. The zero-order chi connectivity index (χ0) is 23.3. The summed E-state index contributed by atoms with van der Waals surface area (Å²) in [6, 6.07) is 6.51. The zero-order valence-electron chi connectivity index (χ0n) is 18.9. The standard InChI is InChI=1S/C22H32N2O7S/c1-16-14-23(15-17(2)30-16)22(26)18(3)31-21(25)9-6-19-4-7-20(8-5-19)32(27,28)24-10-12-29-13-11-24/h4-5,7-8,16-18H,6,9-15H2,1-3H3. The van der Waals surface area contributed by atoms with Crippen molar-refractivity contribution in [3.05, 3.63) is 29.8 Å². The Kier molecular flexibility index (Phi) is 8.26. The Morgan fingerprint density at radius 2 is 1.69 bits per heavy atom. The maximum absolute atomic E-state index is 12.7. The molecule has 0 radical (unpaired) electrons. The Hall–Kier alpha value is -2.01. The van der Waals surface area contributed by atoms with Crippen molar-refractivity contribution in [1.82, 2.24) is 9.21 Å². The van der Waals surface area contributed by atoms with Gasteiger partial charge in [0.25, 0.3) is 5.91 Å². The molecule has 2 aliphatic rings. The van der Waals surface area contributed by atoms with Crippen LogP contribution in [-0.4, -0.2) is 87.2 Å². The highest BCUT2D eigenvalue weighted by molar-refractivity contribution is 7.89. The summed E-state index contributed by atoms with van der Waals surface area (Å²) in [6.07, 6.45) is -0.478. The van der Waals surface area contributed by atoms with Crippen LogP contribution in [0.15, 0.2) is 29.2 Å². The molecular formula is C22H32N2O7S. The number of benzene rings is 1. The highest BCUT2D eigenvalue weighted by Gasteiger charge is 2.30. The van der Waals surface area contributed by atoms with Crippen LogP contribution in [0.3, 0.4) is 0 Å². The van der Waals surface area contributed by atoms with Crippen LogP contribution in [0.1, 0.15) is 32.8 Å². The summed E-state index contributed by atoms with van der Waals surface area (Å²) >= 11 is 0. The van der Waals surface area contributed by atoms with Crippen LogP contribution in [0.25, 0.3) is 0 Å². The number of carbonyl (C=O) groups excluding carboxylic acids is 2. The van der Waals surface area contributed by atoms with Crippen LogP contribution in [0.2, 0.25) is 0 Å². The summed E-state index contributed by atoms with van der Waals surface area (Å²) in [5, 5.41) is 0. The highest BCUT2D eigenvalue weighted by atomic mass is 32.2. The second-order valence-corrected chi connectivity index (χ2v) is 10.2. The molecule has 0 aromatic heterocycles. The topological polar surface area (TPSA) is 102 Å². The van der Waals surface area contributed by atoms with E-state index in [2.05, 4.69) is 0 Å². The molecule has 2 aliphatic heterocycles. The molecular weight excluding hydrogens is 436 g/mol. The second kappa shape index (κ2) is 10.7. The summed E-state index contributed by atoms with van der Waals surface area (Å²) < 4.78 is 42.9. The lowest BCUT2D eigenvalue weighted by atomic mass is 10.1. The molecule has 2 fully saturated rings. The predicted octanol–water partition coefficient (Wildman–Crippen LogP) is 1.21. The molecule has 9 nitrogen and oxygen atoms in total. The van der Waals surface area contributed by atoms with Crippen LogP contribution in [0, 0.1) is 0 Å². The van der Waals surface area contributed by atoms with E-state index in [0.29, 0.717) is 45.8 Å². The first kappa shape index (κ1) is 24.6. The summed E-state index contributed by atoms with van der Waals surface area (Å²) in [6.45, 7) is 7.82. The molecule has 10 heteroatoms. The SMILES string of the molecule is CC1CN(C(=O)C(C)OC(=O)CCc2ccc(S(=O)(=O)N3CCOCC3)cc2)CC(C)O1. The minimum atomic E-state index is -3.54. The molecule has 3 unspecified atom stereocenters. The lowest BCUT2D eigenvalue weighted by molar-refractivity contribution is -0.164. The summed E-state index contributed by atoms with van der Waals surface area (Å²) in [4.78, 5) is 26.7. The van der Waals surface area contributed by atoms with E-state index in [0.717, 1.165) is 5.56 Å². The van der Waals surface area contributed by atoms with Gasteiger partial charge in [-0.25, -0.2) is 8.42 Å². The summed E-state index contributed by atoms with van der Waals surface area (Å²) in [5.41, 5.74) is 0.817. The predicted molar refractivity (Wildman–Crippen MR) is 116 cm³/mol. The van der Waals surface area contributed by atoms with Crippen molar-refractivity contribution in [2.75, 3.05) is 39.4 Å². The van der Waals surface area contributed by atoms with E-state index < -0.39 is 22.1 Å². The van der Waals surface area contributed by atoms with E-state index >= 15 is 0 Å². The van der Waals surface area contributed by atoms with E-state index in [1.54, 1.807) is 36.1 Å². The van der Waals surface area contributed by atoms with Gasteiger partial charge in [0.05, 0.1) is 30.3 Å². The van der Waals surface area contributed by atoms with E-state index in [-0.39, 0.29) is 29.4 Å². The first-order valence-electron chi connectivity index (χ1n) is 11.0. The molecule has 0 aliphatic carbocycles. The lowest BCUT2D eigenvalue weighted by Crippen LogP contribution is -2.51. The third-order valence-electron chi connectivity index (χ3n) is 5.54. The van der Waals surface area contributed by atoms with Crippen molar-refractivity contribution < 1.29 is 32.2 Å². The van der Waals surface area contributed by atoms with Gasteiger partial charge in [-0.1, -0.05) is 12.1 Å². The monoisotopic (exact) mass is 468 g/mol. The van der Waals surface area contributed by atoms with Gasteiger partial charge >= 0.3 is 5.97 Å². The largest absolute Gasteiger partial charge is 0.453 e. The first-order valence-corrected chi connectivity index (χ1v) is 12.4. The number of sulfonamides is 1. The van der Waals surface area contributed by atoms with Gasteiger partial charge in [-0.15, -0.1) is 0 Å². The van der Waals surface area contributed by atoms with Gasteiger partial charge in [-0.3, -0.25) is 9.59 Å². The van der Waals surface area contributed by atoms with Crippen LogP contribution < -0.4 is 0 Å². The summed E-state index contributed by atoms with van der Waals surface area (Å²) in [7, 11) is -3.54. The number of carbonyl (C=O) groups is 2. The van der Waals surface area contributed by atoms with Crippen molar-refractivity contribution in [3.8, 4) is 0 Å². The van der Waals surface area contributed by atoms with E-state index in [1.807, 2.05) is 13.8 Å². The van der Waals surface area contributed by atoms with Crippen LogP contribution in [0.4, 0.5) is 0 Å². The molecule has 0 spiro atoms. The van der Waals surface area contributed by atoms with Crippen molar-refractivity contribution in [1.29, 1.82) is 0 Å². The number of aryl methyl sites for hydroxylation is 1. The molecule has 0 saturated carbocycles. The molecule has 2 heterocycles. The third kappa shape index (κ3) is 6.28. The van der Waals surface area contributed by atoms with E-state index in [9.17, 15) is 18.0 Å². The molecule has 1 aromatic rings. The van der Waals surface area contributed by atoms with Gasteiger partial charge in [0.1, 0.15) is 0 Å². The van der Waals surface area contributed by atoms with Crippen LogP contribution in [-0.2, 0) is 40.2 Å². The average Bonchev–Trinajstić information content (AvgIpc) is 2.77. The quantitative estimate of drug-likeness (QED) is 0.554. The fourth-order valence-corrected chi connectivity index (χ4v) is 5.34. The normalized spacial score (nSPS) is 23.5. The lowest BCUT2D eigenvalue weighted by Gasteiger charge is -2.36. The Labute approximate surface area is 189 Å². The summed E-state index contributed by atoms with van der Waals surface area (Å²) in [5.74, 6) is -0.691. The number of morpholine rings is 2. The van der Waals surface area contributed by atoms with Crippen LogP contribution >= 0.6 is 0 Å². The second-order valence-electron chi connectivity index (χ2n) is 8.29. The highest BCUT2D eigenvalue weighted by Crippen LogP contribution is 2.19. The smallest absolute Gasteiger partial charge is 0.306 e. The molecule has 1 aromatic carbocycles. The number of esters is 1. The molecule has 1 amide bonds. The van der Waals surface area contributed by atoms with Gasteiger partial charge in [-0.05, 0) is 44.9 Å². The van der Waals surface area contributed by atoms with E-state index in [4.69, 9.17) is 14.2 Å². The van der Waals surface area contributed by atoms with Crippen molar-refractivity contribution in [2.24, 2.45) is 0 Å². The van der Waals surface area contributed by atoms with Gasteiger partial charge in [0, 0.05) is 32.6 Å². The number of amides is 1. The Bertz CT molecular complexity index is 887. The number of hydrogen-bond acceptors (Lipinski definition) is 7. The van der Waals surface area contributed by atoms with Crippen molar-refractivity contribution >= 4 is 21.9 Å². The maximum atomic E-state index is 12.7. The molecule has 3 atom stereocenters. The Morgan fingerprint density at radius 1 is 1.09 bits per heavy atom. The number of hydrogen-bond donors (Lipinski definition) is 0. The minimum absolute atomic E-state index is 0.0550. The fourth-order valence-electron chi connectivity index (χ4n) is 3.93. The van der Waals surface area contributed by atoms with Crippen LogP contribution in [0.5, 0.6) is 0 Å². The Balaban J connectivity index is 1.48. The van der Waals surface area contributed by atoms with Gasteiger partial charge < -0.3 is 19.1 Å². The van der Waals surface area contributed by atoms with Crippen molar-refractivity contribution in [2.45, 2.75) is 56.8 Å². The maximum Gasteiger partial charge on any atom is 0.306 e. The van der Waals surface area contributed by atoms with E-state index in [1.165, 1.54) is 4.31 Å². The van der Waals surface area contributed by atoms with Gasteiger partial charge in [0.15, 0.2) is 6.10 Å². The molecule has 0 bridgehead atoms. The molecule has 2 saturated heterocycles. The third-order valence-corrected chi connectivity index (χ3v) is 7.45. The molecule has 32 heavy (non-hydrogen) atoms. The molecule has 3 rings (SSSR count). The Morgan fingerprint density at radius 3 is 2.28 bits per heavy atom. The first-order chi connectivity index (χ1) is 15.2. The van der Waals surface area contributed by atoms with Crippen molar-refractivity contribution in [3.63, 3.8) is 0 Å². The van der Waals surface area contributed by atoms with Gasteiger partial charge in [0.2, 0.25) is 10.0 Å². The minimum Gasteiger partial charge on any atom is -0.453 e. The number of nitrogens with zero attached hydrogens (tertiary/aromatic N) is 2. The average molecular weight is 469 g/mol. The zero-order valence-corrected chi connectivity index (χ0v) is 19.7. The molecule has 0 N–H and O–H groups in total. The van der Waals surface area contributed by atoms with Gasteiger partial charge in [-0.2, -0.15) is 4.31 Å². The molecule has 178 valence electrons.